The van der Waals surface area contributed by atoms with Crippen LogP contribution in [0.25, 0.3) is 22.2 Å². The molecule has 4 atom stereocenters. The lowest BCUT2D eigenvalue weighted by Gasteiger charge is -2.35. The van der Waals surface area contributed by atoms with Crippen LogP contribution in [0.15, 0.2) is 36.4 Å². The largest absolute Gasteiger partial charge is 0.292 e. The third-order valence-electron chi connectivity index (χ3n) is 8.00. The Bertz CT molecular complexity index is 1600. The van der Waals surface area contributed by atoms with Crippen molar-refractivity contribution in [3.8, 4) is 11.3 Å². The molecule has 0 saturated carbocycles. The third kappa shape index (κ3) is 2.55. The Kier molecular flexibility index (Phi) is 3.91. The topological polar surface area (TPSA) is 50.8 Å². The number of benzene rings is 2. The number of hydrogen-bond donors (Lipinski definition) is 0. The molecule has 7 rings (SSSR count). The van der Waals surface area contributed by atoms with E-state index in [2.05, 4.69) is 15.0 Å². The van der Waals surface area contributed by atoms with E-state index in [0.717, 1.165) is 45.6 Å². The van der Waals surface area contributed by atoms with Gasteiger partial charge in [0.15, 0.2) is 23.2 Å². The maximum atomic E-state index is 14.0. The standard InChI is InChI=1S/C27H21F3N4O/c1-12-6-13(2)31-21-9-14(4-5-17(12)21)26(35)27-11-16-10-18-23(25(27)34(16)27)32-33(3)24(18)15-7-19(28)22(30)20(29)8-15/h4-9,16,25H,10-11H2,1-3H3/t16-,25+,27?,34?/m0/s1. The van der Waals surface area contributed by atoms with Crippen molar-refractivity contribution in [3.05, 3.63) is 81.9 Å². The predicted molar refractivity (Wildman–Crippen MR) is 123 cm³/mol. The first kappa shape index (κ1) is 20.8. The van der Waals surface area contributed by atoms with Crippen LogP contribution in [0.1, 0.15) is 45.3 Å². The highest BCUT2D eigenvalue weighted by Crippen LogP contribution is 2.70. The molecule has 35 heavy (non-hydrogen) atoms. The van der Waals surface area contributed by atoms with Crippen LogP contribution in [0, 0.1) is 31.3 Å². The summed E-state index contributed by atoms with van der Waals surface area (Å²) in [5, 5.41) is 5.70. The van der Waals surface area contributed by atoms with Crippen molar-refractivity contribution in [2.24, 2.45) is 7.05 Å². The van der Waals surface area contributed by atoms with E-state index in [-0.39, 0.29) is 23.4 Å². The third-order valence-corrected chi connectivity index (χ3v) is 8.00. The zero-order valence-electron chi connectivity index (χ0n) is 19.4. The van der Waals surface area contributed by atoms with Gasteiger partial charge in [-0.25, -0.2) is 13.2 Å². The van der Waals surface area contributed by atoms with Gasteiger partial charge in [0.1, 0.15) is 5.54 Å². The number of nitrogens with zero attached hydrogens (tertiary/aromatic N) is 4. The summed E-state index contributed by atoms with van der Waals surface area (Å²) in [5.74, 6) is -3.89. The predicted octanol–water partition coefficient (Wildman–Crippen LogP) is 4.98. The maximum Gasteiger partial charge on any atom is 0.194 e. The van der Waals surface area contributed by atoms with Crippen LogP contribution in [-0.2, 0) is 13.5 Å². The quantitative estimate of drug-likeness (QED) is 0.239. The number of aromatic nitrogens is 3. The number of Topliss-reactive ketones (excluding diaryl/α,β-unsaturated/α-hetero) is 1. The number of pyridine rings is 1. The summed E-state index contributed by atoms with van der Waals surface area (Å²) >= 11 is 0. The van der Waals surface area contributed by atoms with Gasteiger partial charge in [0.2, 0.25) is 0 Å². The highest BCUT2D eigenvalue weighted by Gasteiger charge is 2.80. The van der Waals surface area contributed by atoms with E-state index in [1.165, 1.54) is 0 Å². The van der Waals surface area contributed by atoms with Crippen molar-refractivity contribution in [2.45, 2.75) is 44.3 Å². The number of aryl methyl sites for hydroxylation is 3. The van der Waals surface area contributed by atoms with Crippen LogP contribution < -0.4 is 0 Å². The second kappa shape index (κ2) is 6.57. The average molecular weight is 474 g/mol. The Balaban J connectivity index is 1.29. The van der Waals surface area contributed by atoms with Gasteiger partial charge in [-0.15, -0.1) is 0 Å². The van der Waals surface area contributed by atoms with Gasteiger partial charge in [-0.3, -0.25) is 19.4 Å². The number of fused-ring (bicyclic) bond motifs is 4. The van der Waals surface area contributed by atoms with E-state index in [0.29, 0.717) is 24.1 Å². The fourth-order valence-electron chi connectivity index (χ4n) is 6.58. The summed E-state index contributed by atoms with van der Waals surface area (Å²) in [4.78, 5) is 20.6. The summed E-state index contributed by atoms with van der Waals surface area (Å²) in [6.07, 6.45) is 1.34. The van der Waals surface area contributed by atoms with Gasteiger partial charge >= 0.3 is 0 Å². The van der Waals surface area contributed by atoms with Crippen LogP contribution in [0.5, 0.6) is 0 Å². The van der Waals surface area contributed by atoms with Crippen molar-refractivity contribution in [1.29, 1.82) is 0 Å². The van der Waals surface area contributed by atoms with Crippen molar-refractivity contribution in [3.63, 3.8) is 0 Å². The molecule has 8 heteroatoms. The Hall–Kier alpha value is -3.52. The van der Waals surface area contributed by atoms with E-state index in [1.54, 1.807) is 11.7 Å². The molecule has 2 aromatic carbocycles. The summed E-state index contributed by atoms with van der Waals surface area (Å²) in [6, 6.07) is 9.74. The van der Waals surface area contributed by atoms with Crippen molar-refractivity contribution in [2.75, 3.05) is 0 Å². The lowest BCUT2D eigenvalue weighted by molar-refractivity contribution is 0.0766. The summed E-state index contributed by atoms with van der Waals surface area (Å²) in [5.41, 5.74) is 5.29. The monoisotopic (exact) mass is 474 g/mol. The molecule has 2 fully saturated rings. The van der Waals surface area contributed by atoms with E-state index in [4.69, 9.17) is 0 Å². The molecule has 0 bridgehead atoms. The molecule has 2 aromatic heterocycles. The zero-order valence-corrected chi connectivity index (χ0v) is 19.4. The van der Waals surface area contributed by atoms with E-state index < -0.39 is 23.0 Å². The fourth-order valence-corrected chi connectivity index (χ4v) is 6.58. The molecular weight excluding hydrogens is 453 g/mol. The van der Waals surface area contributed by atoms with Crippen LogP contribution in [0.4, 0.5) is 13.2 Å². The normalized spacial score (nSPS) is 25.7. The Morgan fingerprint density at radius 2 is 1.83 bits per heavy atom. The lowest BCUT2D eigenvalue weighted by atomic mass is 9.83. The van der Waals surface area contributed by atoms with E-state index in [9.17, 15) is 18.0 Å². The average Bonchev–Trinajstić information content (AvgIpc) is 3.26. The van der Waals surface area contributed by atoms with Gasteiger partial charge in [0, 0.05) is 40.9 Å². The minimum absolute atomic E-state index is 0.0560. The molecule has 5 heterocycles. The Morgan fingerprint density at radius 1 is 1.09 bits per heavy atom. The zero-order chi connectivity index (χ0) is 24.4. The minimum Gasteiger partial charge on any atom is -0.292 e. The molecule has 0 amide bonds. The van der Waals surface area contributed by atoms with Crippen molar-refractivity contribution >= 4 is 16.7 Å². The van der Waals surface area contributed by atoms with Gasteiger partial charge in [-0.1, -0.05) is 12.1 Å². The molecule has 2 saturated heterocycles. The molecule has 3 aliphatic rings. The number of carbonyl (C=O) groups excluding carboxylic acids is 1. The smallest absolute Gasteiger partial charge is 0.194 e. The summed E-state index contributed by atoms with van der Waals surface area (Å²) in [7, 11) is 1.71. The second-order valence-corrected chi connectivity index (χ2v) is 10.0. The molecule has 0 spiro atoms. The fraction of sp³-hybridized carbons (Fsp3) is 0.296. The molecule has 0 N–H and O–H groups in total. The van der Waals surface area contributed by atoms with Crippen molar-refractivity contribution < 1.29 is 18.0 Å². The Morgan fingerprint density at radius 3 is 2.57 bits per heavy atom. The number of hydrogen-bond acceptors (Lipinski definition) is 4. The lowest BCUT2D eigenvalue weighted by Crippen LogP contribution is -2.48. The van der Waals surface area contributed by atoms with Crippen LogP contribution in [0.3, 0.4) is 0 Å². The first-order chi connectivity index (χ1) is 16.7. The highest BCUT2D eigenvalue weighted by molar-refractivity contribution is 6.09. The van der Waals surface area contributed by atoms with Gasteiger partial charge in [0.05, 0.1) is 22.9 Å². The maximum absolute atomic E-state index is 14.0. The first-order valence-corrected chi connectivity index (χ1v) is 11.6. The van der Waals surface area contributed by atoms with Crippen LogP contribution >= 0.6 is 0 Å². The number of carbonyl (C=O) groups is 1. The number of halogens is 3. The molecule has 176 valence electrons. The molecule has 0 radical (unpaired) electrons. The first-order valence-electron chi connectivity index (χ1n) is 11.6. The Labute approximate surface area is 199 Å². The molecular formula is C27H21F3N4O. The van der Waals surface area contributed by atoms with Crippen molar-refractivity contribution in [1.82, 2.24) is 19.7 Å². The van der Waals surface area contributed by atoms with Crippen LogP contribution in [0.2, 0.25) is 0 Å². The number of rotatable bonds is 3. The molecule has 5 nitrogen and oxygen atoms in total. The van der Waals surface area contributed by atoms with Gasteiger partial charge in [-0.05, 0) is 56.5 Å². The van der Waals surface area contributed by atoms with Gasteiger partial charge in [-0.2, -0.15) is 5.10 Å². The van der Waals surface area contributed by atoms with Gasteiger partial charge in [0.25, 0.3) is 0 Å². The van der Waals surface area contributed by atoms with Crippen LogP contribution in [-0.4, -0.2) is 37.0 Å². The van der Waals surface area contributed by atoms with Gasteiger partial charge < -0.3 is 0 Å². The molecule has 0 aliphatic carbocycles. The van der Waals surface area contributed by atoms with E-state index >= 15 is 0 Å². The second-order valence-electron chi connectivity index (χ2n) is 10.0. The molecule has 4 aromatic rings. The number of ketones is 1. The minimum atomic E-state index is -1.49. The summed E-state index contributed by atoms with van der Waals surface area (Å²) < 4.78 is 43.1. The SMILES string of the molecule is Cc1cc(C)c2ccc(C(=O)C34C[C@@H]5Cc6c(nn(C)c6-c6cc(F)c(F)c(F)c6)[C@H]3N54)cc2n1. The van der Waals surface area contributed by atoms with E-state index in [1.807, 2.05) is 38.1 Å². The summed E-state index contributed by atoms with van der Waals surface area (Å²) in [6.45, 7) is 3.98. The highest BCUT2D eigenvalue weighted by atomic mass is 19.2. The molecule has 3 aliphatic heterocycles. The molecule has 2 unspecified atom stereocenters.